The zero-order valence-corrected chi connectivity index (χ0v) is 15.8. The molecular weight excluding hydrogens is 381 g/mol. The molecule has 0 radical (unpaired) electrons. The van der Waals surface area contributed by atoms with Crippen LogP contribution in [0.1, 0.15) is 11.1 Å². The Balaban J connectivity index is 1.62. The lowest BCUT2D eigenvalue weighted by molar-refractivity contribution is -0.115. The van der Waals surface area contributed by atoms with Crippen molar-refractivity contribution in [1.82, 2.24) is 4.98 Å². The minimum atomic E-state index is -3.81. The topological polar surface area (TPSA) is 88.2 Å². The van der Waals surface area contributed by atoms with Crippen molar-refractivity contribution in [2.45, 2.75) is 18.2 Å². The van der Waals surface area contributed by atoms with Gasteiger partial charge < -0.3 is 5.32 Å². The third kappa shape index (κ3) is 5.14. The molecule has 2 aromatic carbocycles. The maximum Gasteiger partial charge on any atom is 0.261 e. The lowest BCUT2D eigenvalue weighted by atomic mass is 10.1. The van der Waals surface area contributed by atoms with Gasteiger partial charge in [0.1, 0.15) is 11.6 Å². The van der Waals surface area contributed by atoms with Crippen molar-refractivity contribution in [3.8, 4) is 0 Å². The Morgan fingerprint density at radius 2 is 1.68 bits per heavy atom. The molecule has 0 aliphatic rings. The highest BCUT2D eigenvalue weighted by Gasteiger charge is 2.14. The molecular formula is C20H18FN3O3S. The summed E-state index contributed by atoms with van der Waals surface area (Å²) in [6.45, 7) is 1.91. The molecule has 6 nitrogen and oxygen atoms in total. The number of rotatable bonds is 6. The number of nitrogens with one attached hydrogen (secondary N) is 2. The van der Waals surface area contributed by atoms with Crippen molar-refractivity contribution in [3.05, 3.63) is 83.8 Å². The van der Waals surface area contributed by atoms with Crippen LogP contribution in [-0.4, -0.2) is 19.3 Å². The van der Waals surface area contributed by atoms with Crippen LogP contribution in [0.25, 0.3) is 0 Å². The largest absolute Gasteiger partial charge is 0.310 e. The Labute approximate surface area is 162 Å². The van der Waals surface area contributed by atoms with E-state index in [0.29, 0.717) is 17.1 Å². The lowest BCUT2D eigenvalue weighted by Gasteiger charge is -2.09. The fourth-order valence-electron chi connectivity index (χ4n) is 2.43. The summed E-state index contributed by atoms with van der Waals surface area (Å²) < 4.78 is 40.0. The van der Waals surface area contributed by atoms with Gasteiger partial charge in [-0.2, -0.15) is 0 Å². The minimum absolute atomic E-state index is 0.0389. The van der Waals surface area contributed by atoms with Gasteiger partial charge in [0.25, 0.3) is 10.0 Å². The normalized spacial score (nSPS) is 11.1. The molecule has 144 valence electrons. The van der Waals surface area contributed by atoms with E-state index < -0.39 is 15.8 Å². The van der Waals surface area contributed by atoms with E-state index in [1.54, 1.807) is 36.5 Å². The van der Waals surface area contributed by atoms with Crippen molar-refractivity contribution in [2.24, 2.45) is 0 Å². The SMILES string of the molecule is Cc1ccc(NC(=O)Cc2ccc(NS(=O)(=O)c3ccc(F)cc3)cc2)nc1. The first-order valence-electron chi connectivity index (χ1n) is 8.42. The number of carbonyl (C=O) groups is 1. The molecule has 1 aromatic heterocycles. The number of benzene rings is 2. The van der Waals surface area contributed by atoms with E-state index in [9.17, 15) is 17.6 Å². The second-order valence-corrected chi connectivity index (χ2v) is 7.88. The second-order valence-electron chi connectivity index (χ2n) is 6.20. The summed E-state index contributed by atoms with van der Waals surface area (Å²) >= 11 is 0. The number of carbonyl (C=O) groups excluding carboxylic acids is 1. The van der Waals surface area contributed by atoms with E-state index >= 15 is 0 Å². The summed E-state index contributed by atoms with van der Waals surface area (Å²) in [5, 5.41) is 2.70. The molecule has 2 N–H and O–H groups in total. The maximum absolute atomic E-state index is 13.0. The van der Waals surface area contributed by atoms with Crippen LogP contribution in [0.5, 0.6) is 0 Å². The van der Waals surface area contributed by atoms with Gasteiger partial charge in [-0.25, -0.2) is 17.8 Å². The van der Waals surface area contributed by atoms with Crippen LogP contribution in [0.15, 0.2) is 71.8 Å². The van der Waals surface area contributed by atoms with Crippen LogP contribution in [0.3, 0.4) is 0 Å². The number of nitrogens with zero attached hydrogens (tertiary/aromatic N) is 1. The fraction of sp³-hybridized carbons (Fsp3) is 0.100. The minimum Gasteiger partial charge on any atom is -0.310 e. The third-order valence-corrected chi connectivity index (χ3v) is 5.27. The third-order valence-electron chi connectivity index (χ3n) is 3.87. The molecule has 1 amide bonds. The van der Waals surface area contributed by atoms with Crippen molar-refractivity contribution >= 4 is 27.4 Å². The summed E-state index contributed by atoms with van der Waals surface area (Å²) in [5.41, 5.74) is 2.06. The van der Waals surface area contributed by atoms with Gasteiger partial charge in [0.15, 0.2) is 0 Å². The van der Waals surface area contributed by atoms with Crippen LogP contribution in [0.4, 0.5) is 15.9 Å². The smallest absolute Gasteiger partial charge is 0.261 e. The summed E-state index contributed by atoms with van der Waals surface area (Å²) in [7, 11) is -3.81. The molecule has 0 unspecified atom stereocenters. The van der Waals surface area contributed by atoms with Gasteiger partial charge in [-0.3, -0.25) is 9.52 Å². The quantitative estimate of drug-likeness (QED) is 0.664. The Bertz CT molecular complexity index is 1070. The molecule has 1 heterocycles. The van der Waals surface area contributed by atoms with E-state index in [-0.39, 0.29) is 17.2 Å². The molecule has 3 aromatic rings. The molecule has 0 atom stereocenters. The van der Waals surface area contributed by atoms with E-state index in [0.717, 1.165) is 17.7 Å². The van der Waals surface area contributed by atoms with Gasteiger partial charge in [-0.1, -0.05) is 18.2 Å². The van der Waals surface area contributed by atoms with E-state index in [4.69, 9.17) is 0 Å². The number of aryl methyl sites for hydroxylation is 1. The van der Waals surface area contributed by atoms with Gasteiger partial charge in [0.05, 0.1) is 11.3 Å². The van der Waals surface area contributed by atoms with Crippen LogP contribution in [0.2, 0.25) is 0 Å². The molecule has 8 heteroatoms. The van der Waals surface area contributed by atoms with Crippen molar-refractivity contribution < 1.29 is 17.6 Å². The average Bonchev–Trinajstić information content (AvgIpc) is 2.65. The monoisotopic (exact) mass is 399 g/mol. The molecule has 0 saturated carbocycles. The first kappa shape index (κ1) is 19.5. The number of halogens is 1. The molecule has 0 saturated heterocycles. The van der Waals surface area contributed by atoms with Gasteiger partial charge in [0.2, 0.25) is 5.91 Å². The Morgan fingerprint density at radius 3 is 2.29 bits per heavy atom. The van der Waals surface area contributed by atoms with Crippen LogP contribution < -0.4 is 10.0 Å². The highest BCUT2D eigenvalue weighted by Crippen LogP contribution is 2.17. The Kier molecular flexibility index (Phi) is 5.70. The fourth-order valence-corrected chi connectivity index (χ4v) is 3.49. The number of hydrogen-bond acceptors (Lipinski definition) is 4. The second kappa shape index (κ2) is 8.18. The average molecular weight is 399 g/mol. The molecule has 0 bridgehead atoms. The van der Waals surface area contributed by atoms with E-state index in [2.05, 4.69) is 15.0 Å². The molecule has 0 aliphatic carbocycles. The van der Waals surface area contributed by atoms with Crippen molar-refractivity contribution in [3.63, 3.8) is 0 Å². The molecule has 0 spiro atoms. The lowest BCUT2D eigenvalue weighted by Crippen LogP contribution is -2.15. The van der Waals surface area contributed by atoms with Crippen LogP contribution in [-0.2, 0) is 21.2 Å². The first-order valence-corrected chi connectivity index (χ1v) is 9.90. The van der Waals surface area contributed by atoms with Gasteiger partial charge >= 0.3 is 0 Å². The first-order chi connectivity index (χ1) is 13.3. The Hall–Kier alpha value is -3.26. The summed E-state index contributed by atoms with van der Waals surface area (Å²) in [5.74, 6) is -0.266. The van der Waals surface area contributed by atoms with Crippen LogP contribution >= 0.6 is 0 Å². The molecule has 28 heavy (non-hydrogen) atoms. The highest BCUT2D eigenvalue weighted by atomic mass is 32.2. The predicted octanol–water partition coefficient (Wildman–Crippen LogP) is 3.51. The standard InChI is InChI=1S/C20H18FN3O3S/c1-14-2-11-19(22-13-14)23-20(25)12-15-3-7-17(8-4-15)24-28(26,27)18-9-5-16(21)6-10-18/h2-11,13,24H,12H2,1H3,(H,22,23,25). The summed E-state index contributed by atoms with van der Waals surface area (Å²) in [6.07, 6.45) is 1.79. The van der Waals surface area contributed by atoms with E-state index in [1.807, 2.05) is 13.0 Å². The number of aromatic nitrogens is 1. The van der Waals surface area contributed by atoms with Gasteiger partial charge in [-0.05, 0) is 60.5 Å². The molecule has 0 aliphatic heterocycles. The van der Waals surface area contributed by atoms with E-state index in [1.165, 1.54) is 12.1 Å². The maximum atomic E-state index is 13.0. The Morgan fingerprint density at radius 1 is 1.00 bits per heavy atom. The zero-order valence-electron chi connectivity index (χ0n) is 15.0. The van der Waals surface area contributed by atoms with Gasteiger partial charge in [0, 0.05) is 11.9 Å². The number of pyridine rings is 1. The summed E-state index contributed by atoms with van der Waals surface area (Å²) in [6, 6.07) is 14.6. The van der Waals surface area contributed by atoms with Crippen LogP contribution in [0, 0.1) is 12.7 Å². The number of hydrogen-bond donors (Lipinski definition) is 2. The zero-order chi connectivity index (χ0) is 20.1. The van der Waals surface area contributed by atoms with Crippen molar-refractivity contribution in [1.29, 1.82) is 0 Å². The highest BCUT2D eigenvalue weighted by molar-refractivity contribution is 7.92. The predicted molar refractivity (Wildman–Crippen MR) is 105 cm³/mol. The molecule has 3 rings (SSSR count). The van der Waals surface area contributed by atoms with Crippen molar-refractivity contribution in [2.75, 3.05) is 10.0 Å². The van der Waals surface area contributed by atoms with Gasteiger partial charge in [-0.15, -0.1) is 0 Å². The number of sulfonamides is 1. The summed E-state index contributed by atoms with van der Waals surface area (Å²) in [4.78, 5) is 16.2. The molecule has 0 fully saturated rings. The number of amides is 1. The number of anilines is 2.